The Morgan fingerprint density at radius 3 is 2.38 bits per heavy atom. The largest absolute Gasteiger partial charge is 0.497 e. The first kappa shape index (κ1) is 27.9. The third-order valence-electron chi connectivity index (χ3n) is 6.25. The van der Waals surface area contributed by atoms with E-state index in [0.717, 1.165) is 17.1 Å². The van der Waals surface area contributed by atoms with Crippen LogP contribution in [0, 0.1) is 0 Å². The number of ether oxygens (including phenoxy) is 3. The highest BCUT2D eigenvalue weighted by atomic mass is 32.2. The van der Waals surface area contributed by atoms with Crippen LogP contribution in [-0.4, -0.2) is 60.3 Å². The quantitative estimate of drug-likeness (QED) is 0.373. The molecule has 1 atom stereocenters. The Labute approximate surface area is 227 Å². The van der Waals surface area contributed by atoms with Gasteiger partial charge in [0.25, 0.3) is 15.9 Å². The van der Waals surface area contributed by atoms with E-state index >= 15 is 0 Å². The van der Waals surface area contributed by atoms with Crippen LogP contribution in [0.3, 0.4) is 0 Å². The molecule has 1 aliphatic heterocycles. The van der Waals surface area contributed by atoms with Crippen molar-refractivity contribution < 1.29 is 32.2 Å². The van der Waals surface area contributed by atoms with E-state index in [1.807, 2.05) is 0 Å². The van der Waals surface area contributed by atoms with Crippen molar-refractivity contribution in [2.75, 3.05) is 43.5 Å². The van der Waals surface area contributed by atoms with Gasteiger partial charge in [-0.3, -0.25) is 13.9 Å². The van der Waals surface area contributed by atoms with Gasteiger partial charge in [-0.05, 0) is 61.4 Å². The van der Waals surface area contributed by atoms with Crippen molar-refractivity contribution in [2.24, 2.45) is 0 Å². The summed E-state index contributed by atoms with van der Waals surface area (Å²) in [6, 6.07) is 18.9. The van der Waals surface area contributed by atoms with Crippen molar-refractivity contribution in [1.29, 1.82) is 0 Å². The number of methoxy groups -OCH3 is 2. The van der Waals surface area contributed by atoms with E-state index in [-0.39, 0.29) is 39.6 Å². The fourth-order valence-electron chi connectivity index (χ4n) is 4.23. The van der Waals surface area contributed by atoms with Gasteiger partial charge in [0.2, 0.25) is 5.91 Å². The molecule has 11 heteroatoms. The predicted molar refractivity (Wildman–Crippen MR) is 147 cm³/mol. The predicted octanol–water partition coefficient (Wildman–Crippen LogP) is 3.45. The van der Waals surface area contributed by atoms with Crippen LogP contribution in [-0.2, 0) is 19.6 Å². The summed E-state index contributed by atoms with van der Waals surface area (Å²) in [5.74, 6) is -0.243. The number of nitrogens with zero attached hydrogens (tertiary/aromatic N) is 1. The van der Waals surface area contributed by atoms with Gasteiger partial charge in [-0.2, -0.15) is 0 Å². The van der Waals surface area contributed by atoms with E-state index in [4.69, 9.17) is 14.2 Å². The number of benzene rings is 3. The summed E-state index contributed by atoms with van der Waals surface area (Å²) in [6.45, 7) is 0.471. The highest BCUT2D eigenvalue weighted by Gasteiger charge is 2.30. The molecule has 0 unspecified atom stereocenters. The van der Waals surface area contributed by atoms with Gasteiger partial charge in [0.05, 0.1) is 42.2 Å². The monoisotopic (exact) mass is 553 g/mol. The zero-order valence-corrected chi connectivity index (χ0v) is 22.6. The standard InChI is InChI=1S/C28H31N3O7S/c1-36-20-13-15-22(16-14-20)39(34,35)31(25-11-5-6-12-26(25)37-2)19-27(32)30-24-10-4-3-9-23(24)28(33)29-18-21-8-7-17-38-21/h3-6,9-16,21H,7-8,17-19H2,1-2H3,(H,29,33)(H,30,32)/t21-/m1/s1. The lowest BCUT2D eigenvalue weighted by Gasteiger charge is -2.26. The Hall–Kier alpha value is -4.09. The summed E-state index contributed by atoms with van der Waals surface area (Å²) in [6.07, 6.45) is 1.79. The normalized spacial score (nSPS) is 14.9. The van der Waals surface area contributed by atoms with Crippen LogP contribution in [0.25, 0.3) is 0 Å². The highest BCUT2D eigenvalue weighted by molar-refractivity contribution is 7.92. The van der Waals surface area contributed by atoms with Crippen molar-refractivity contribution in [2.45, 2.75) is 23.8 Å². The van der Waals surface area contributed by atoms with Crippen LogP contribution >= 0.6 is 0 Å². The molecule has 0 spiro atoms. The molecular weight excluding hydrogens is 522 g/mol. The average Bonchev–Trinajstić information content (AvgIpc) is 3.49. The average molecular weight is 554 g/mol. The number of nitrogens with one attached hydrogen (secondary N) is 2. The topological polar surface area (TPSA) is 123 Å². The number of para-hydroxylation sites is 3. The Morgan fingerprint density at radius 2 is 1.69 bits per heavy atom. The minimum atomic E-state index is -4.20. The summed E-state index contributed by atoms with van der Waals surface area (Å²) >= 11 is 0. The Kier molecular flexibility index (Phi) is 9.05. The Morgan fingerprint density at radius 1 is 0.974 bits per heavy atom. The minimum absolute atomic E-state index is 0.0316. The fraction of sp³-hybridized carbons (Fsp3) is 0.286. The van der Waals surface area contributed by atoms with Gasteiger partial charge in [-0.15, -0.1) is 0 Å². The first-order chi connectivity index (χ1) is 18.8. The molecule has 0 saturated carbocycles. The molecule has 2 N–H and O–H groups in total. The molecule has 206 valence electrons. The van der Waals surface area contributed by atoms with Crippen molar-refractivity contribution in [3.05, 3.63) is 78.4 Å². The van der Waals surface area contributed by atoms with E-state index in [0.29, 0.717) is 18.9 Å². The van der Waals surface area contributed by atoms with Crippen molar-refractivity contribution in [3.8, 4) is 11.5 Å². The van der Waals surface area contributed by atoms with Gasteiger partial charge < -0.3 is 24.8 Å². The molecule has 2 amide bonds. The number of anilines is 2. The second kappa shape index (κ2) is 12.6. The van der Waals surface area contributed by atoms with E-state index in [1.54, 1.807) is 48.5 Å². The molecule has 3 aromatic rings. The summed E-state index contributed by atoms with van der Waals surface area (Å²) in [5.41, 5.74) is 0.702. The lowest BCUT2D eigenvalue weighted by molar-refractivity contribution is -0.114. The maximum absolute atomic E-state index is 13.7. The van der Waals surface area contributed by atoms with Crippen LogP contribution in [0.2, 0.25) is 0 Å². The molecular formula is C28H31N3O7S. The zero-order valence-electron chi connectivity index (χ0n) is 21.8. The van der Waals surface area contributed by atoms with Crippen LogP contribution in [0.15, 0.2) is 77.7 Å². The number of carbonyl (C=O) groups excluding carboxylic acids is 2. The van der Waals surface area contributed by atoms with Gasteiger partial charge >= 0.3 is 0 Å². The zero-order chi connectivity index (χ0) is 27.8. The van der Waals surface area contributed by atoms with Gasteiger partial charge in [0, 0.05) is 13.2 Å². The first-order valence-corrected chi connectivity index (χ1v) is 13.9. The van der Waals surface area contributed by atoms with Gasteiger partial charge in [-0.25, -0.2) is 8.42 Å². The molecule has 0 bridgehead atoms. The molecule has 10 nitrogen and oxygen atoms in total. The maximum atomic E-state index is 13.7. The summed E-state index contributed by atoms with van der Waals surface area (Å²) in [4.78, 5) is 26.1. The SMILES string of the molecule is COc1ccc(S(=O)(=O)N(CC(=O)Nc2ccccc2C(=O)NC[C@H]2CCCO2)c2ccccc2OC)cc1. The van der Waals surface area contributed by atoms with Crippen LogP contribution in [0.1, 0.15) is 23.2 Å². The van der Waals surface area contributed by atoms with E-state index < -0.39 is 22.5 Å². The molecule has 1 heterocycles. The van der Waals surface area contributed by atoms with Gasteiger partial charge in [0.1, 0.15) is 18.0 Å². The molecule has 3 aromatic carbocycles. The highest BCUT2D eigenvalue weighted by Crippen LogP contribution is 2.32. The second-order valence-electron chi connectivity index (χ2n) is 8.80. The number of rotatable bonds is 11. The van der Waals surface area contributed by atoms with E-state index in [2.05, 4.69) is 10.6 Å². The van der Waals surface area contributed by atoms with Crippen molar-refractivity contribution >= 4 is 33.2 Å². The van der Waals surface area contributed by atoms with E-state index in [1.165, 1.54) is 38.5 Å². The number of carbonyl (C=O) groups is 2. The lowest BCUT2D eigenvalue weighted by atomic mass is 10.1. The Bertz CT molecular complexity index is 1400. The molecule has 0 aliphatic carbocycles. The molecule has 39 heavy (non-hydrogen) atoms. The smallest absolute Gasteiger partial charge is 0.264 e. The molecule has 1 saturated heterocycles. The minimum Gasteiger partial charge on any atom is -0.497 e. The van der Waals surface area contributed by atoms with Gasteiger partial charge in [-0.1, -0.05) is 24.3 Å². The fourth-order valence-corrected chi connectivity index (χ4v) is 5.66. The third-order valence-corrected chi connectivity index (χ3v) is 8.02. The van der Waals surface area contributed by atoms with Crippen LogP contribution < -0.4 is 24.4 Å². The lowest BCUT2D eigenvalue weighted by Crippen LogP contribution is -2.38. The number of hydrogen-bond donors (Lipinski definition) is 2. The molecule has 0 radical (unpaired) electrons. The molecule has 0 aromatic heterocycles. The van der Waals surface area contributed by atoms with Crippen LogP contribution in [0.4, 0.5) is 11.4 Å². The molecule has 1 aliphatic rings. The summed E-state index contributed by atoms with van der Waals surface area (Å²) in [5, 5.41) is 5.54. The molecule has 1 fully saturated rings. The van der Waals surface area contributed by atoms with Gasteiger partial charge in [0.15, 0.2) is 0 Å². The number of sulfonamides is 1. The maximum Gasteiger partial charge on any atom is 0.264 e. The van der Waals surface area contributed by atoms with Crippen molar-refractivity contribution in [3.63, 3.8) is 0 Å². The summed E-state index contributed by atoms with van der Waals surface area (Å²) in [7, 11) is -1.30. The first-order valence-electron chi connectivity index (χ1n) is 12.4. The summed E-state index contributed by atoms with van der Waals surface area (Å²) < 4.78 is 44.6. The third kappa shape index (κ3) is 6.68. The number of hydrogen-bond acceptors (Lipinski definition) is 7. The Balaban J connectivity index is 1.58. The van der Waals surface area contributed by atoms with E-state index in [9.17, 15) is 18.0 Å². The second-order valence-corrected chi connectivity index (χ2v) is 10.7. The van der Waals surface area contributed by atoms with Crippen LogP contribution in [0.5, 0.6) is 11.5 Å². The molecule has 4 rings (SSSR count). The van der Waals surface area contributed by atoms with Crippen molar-refractivity contribution in [1.82, 2.24) is 5.32 Å². The number of amides is 2.